The van der Waals surface area contributed by atoms with Crippen molar-refractivity contribution in [3.63, 3.8) is 0 Å². The summed E-state index contributed by atoms with van der Waals surface area (Å²) in [6, 6.07) is 9.56. The third-order valence-corrected chi connectivity index (χ3v) is 5.76. The van der Waals surface area contributed by atoms with E-state index in [0.717, 1.165) is 12.8 Å². The predicted molar refractivity (Wildman–Crippen MR) is 86.6 cm³/mol. The van der Waals surface area contributed by atoms with Gasteiger partial charge in [0.1, 0.15) is 0 Å². The molecule has 4 atom stereocenters. The number of hydrogen-bond acceptors (Lipinski definition) is 3. The number of halogens is 1. The van der Waals surface area contributed by atoms with Crippen molar-refractivity contribution in [3.05, 3.63) is 33.4 Å². The first-order valence-electron chi connectivity index (χ1n) is 7.17. The van der Waals surface area contributed by atoms with Gasteiger partial charge in [-0.1, -0.05) is 12.1 Å². The normalized spacial score (nSPS) is 33.1. The molecule has 2 unspecified atom stereocenters. The van der Waals surface area contributed by atoms with Gasteiger partial charge < -0.3 is 4.74 Å². The minimum Gasteiger partial charge on any atom is -0.469 e. The van der Waals surface area contributed by atoms with Gasteiger partial charge in [0.25, 0.3) is 0 Å². The molecule has 0 saturated carbocycles. The summed E-state index contributed by atoms with van der Waals surface area (Å²) in [6.07, 6.45) is 3.38. The summed E-state index contributed by atoms with van der Waals surface area (Å²) in [7, 11) is 3.66. The summed E-state index contributed by atoms with van der Waals surface area (Å²) in [6.45, 7) is 0. The lowest BCUT2D eigenvalue weighted by molar-refractivity contribution is -0.150. The van der Waals surface area contributed by atoms with Gasteiger partial charge in [0.15, 0.2) is 0 Å². The molecule has 2 fully saturated rings. The van der Waals surface area contributed by atoms with Crippen molar-refractivity contribution in [2.24, 2.45) is 5.92 Å². The molecule has 0 amide bonds. The number of hydrogen-bond donors (Lipinski definition) is 0. The fourth-order valence-electron chi connectivity index (χ4n) is 3.98. The molecule has 0 N–H and O–H groups in total. The number of nitrogens with zero attached hydrogens (tertiary/aromatic N) is 1. The van der Waals surface area contributed by atoms with Crippen LogP contribution >= 0.6 is 22.6 Å². The second-order valence-corrected chi connectivity index (χ2v) is 7.15. The molecule has 1 aromatic carbocycles. The summed E-state index contributed by atoms with van der Waals surface area (Å²) >= 11 is 2.32. The SMILES string of the molecule is COC(=O)[C@H]1C(c2ccc(I)cc2)C[C@H]2CCC1N2C. The molecule has 0 radical (unpaired) electrons. The highest BCUT2D eigenvalue weighted by molar-refractivity contribution is 14.1. The number of fused-ring (bicyclic) bond motifs is 2. The molecule has 108 valence electrons. The first kappa shape index (κ1) is 14.3. The van der Waals surface area contributed by atoms with E-state index < -0.39 is 0 Å². The van der Waals surface area contributed by atoms with Crippen molar-refractivity contribution < 1.29 is 9.53 Å². The van der Waals surface area contributed by atoms with Gasteiger partial charge in [0, 0.05) is 21.6 Å². The second-order valence-electron chi connectivity index (χ2n) is 5.91. The van der Waals surface area contributed by atoms with E-state index in [9.17, 15) is 4.79 Å². The Morgan fingerprint density at radius 1 is 1.30 bits per heavy atom. The average Bonchev–Trinajstić information content (AvgIpc) is 2.70. The molecule has 0 aromatic heterocycles. The number of rotatable bonds is 2. The second kappa shape index (κ2) is 5.64. The maximum atomic E-state index is 12.3. The predicted octanol–water partition coefficient (Wildman–Crippen LogP) is 3.03. The molecular formula is C16H20INO2. The fraction of sp³-hybridized carbons (Fsp3) is 0.562. The Labute approximate surface area is 133 Å². The molecule has 4 heteroatoms. The summed E-state index contributed by atoms with van der Waals surface area (Å²) in [4.78, 5) is 14.7. The molecule has 0 aliphatic carbocycles. The van der Waals surface area contributed by atoms with Crippen molar-refractivity contribution >= 4 is 28.6 Å². The highest BCUT2D eigenvalue weighted by Crippen LogP contribution is 2.46. The quantitative estimate of drug-likeness (QED) is 0.579. The lowest BCUT2D eigenvalue weighted by atomic mass is 9.76. The highest BCUT2D eigenvalue weighted by Gasteiger charge is 2.49. The first-order valence-corrected chi connectivity index (χ1v) is 8.25. The molecule has 2 heterocycles. The van der Waals surface area contributed by atoms with Gasteiger partial charge in [0.2, 0.25) is 0 Å². The smallest absolute Gasteiger partial charge is 0.310 e. The third kappa shape index (κ3) is 2.37. The van der Waals surface area contributed by atoms with Crippen LogP contribution in [0.3, 0.4) is 0 Å². The molecule has 2 saturated heterocycles. The van der Waals surface area contributed by atoms with Crippen molar-refractivity contribution in [2.45, 2.75) is 37.3 Å². The zero-order valence-corrected chi connectivity index (χ0v) is 14.0. The standard InChI is InChI=1S/C16H20INO2/c1-18-12-7-8-14(18)15(16(19)20-2)13(9-12)10-3-5-11(17)6-4-10/h3-6,12-15H,7-9H2,1-2H3/t12-,13?,14?,15+/m1/s1. The Bertz CT molecular complexity index is 502. The summed E-state index contributed by atoms with van der Waals surface area (Å²) in [5.41, 5.74) is 1.28. The Balaban J connectivity index is 1.95. The maximum absolute atomic E-state index is 12.3. The number of carbonyl (C=O) groups excluding carboxylic acids is 1. The van der Waals surface area contributed by atoms with Gasteiger partial charge in [0.05, 0.1) is 13.0 Å². The zero-order chi connectivity index (χ0) is 14.3. The molecular weight excluding hydrogens is 365 g/mol. The number of benzene rings is 1. The number of carbonyl (C=O) groups is 1. The summed E-state index contributed by atoms with van der Waals surface area (Å²) in [5, 5.41) is 0. The van der Waals surface area contributed by atoms with Gasteiger partial charge in [-0.15, -0.1) is 0 Å². The van der Waals surface area contributed by atoms with Crippen LogP contribution in [0.15, 0.2) is 24.3 Å². The van der Waals surface area contributed by atoms with Crippen LogP contribution in [0.1, 0.15) is 30.7 Å². The Hall–Kier alpha value is -0.620. The van der Waals surface area contributed by atoms with E-state index in [-0.39, 0.29) is 11.9 Å². The lowest BCUT2D eigenvalue weighted by Crippen LogP contribution is -2.49. The fourth-order valence-corrected chi connectivity index (χ4v) is 4.34. The minimum atomic E-state index is -0.0502. The van der Waals surface area contributed by atoms with Gasteiger partial charge in [-0.2, -0.15) is 0 Å². The van der Waals surface area contributed by atoms with E-state index >= 15 is 0 Å². The van der Waals surface area contributed by atoms with E-state index in [1.165, 1.54) is 22.7 Å². The van der Waals surface area contributed by atoms with Crippen LogP contribution in [0.2, 0.25) is 0 Å². The van der Waals surface area contributed by atoms with Gasteiger partial charge in [-0.25, -0.2) is 0 Å². The van der Waals surface area contributed by atoms with E-state index in [1.807, 2.05) is 0 Å². The van der Waals surface area contributed by atoms with Crippen molar-refractivity contribution in [3.8, 4) is 0 Å². The van der Waals surface area contributed by atoms with E-state index in [0.29, 0.717) is 18.0 Å². The van der Waals surface area contributed by atoms with Crippen LogP contribution < -0.4 is 0 Å². The summed E-state index contributed by atoms with van der Waals surface area (Å²) in [5.74, 6) is 0.225. The van der Waals surface area contributed by atoms with Crippen LogP contribution in [-0.4, -0.2) is 37.1 Å². The third-order valence-electron chi connectivity index (χ3n) is 5.04. The molecule has 20 heavy (non-hydrogen) atoms. The van der Waals surface area contributed by atoms with Crippen LogP contribution in [0, 0.1) is 9.49 Å². The Morgan fingerprint density at radius 3 is 2.65 bits per heavy atom. The Kier molecular flexibility index (Phi) is 4.04. The van der Waals surface area contributed by atoms with Gasteiger partial charge in [-0.05, 0) is 66.6 Å². The minimum absolute atomic E-state index is 0.0242. The van der Waals surface area contributed by atoms with Crippen LogP contribution in [-0.2, 0) is 9.53 Å². The maximum Gasteiger partial charge on any atom is 0.310 e. The van der Waals surface area contributed by atoms with Crippen LogP contribution in [0.5, 0.6) is 0 Å². The largest absolute Gasteiger partial charge is 0.469 e. The molecule has 2 aliphatic heterocycles. The van der Waals surface area contributed by atoms with Gasteiger partial charge in [-0.3, -0.25) is 9.69 Å². The molecule has 3 rings (SSSR count). The number of esters is 1. The average molecular weight is 385 g/mol. The zero-order valence-electron chi connectivity index (χ0n) is 11.9. The topological polar surface area (TPSA) is 29.5 Å². The number of piperidine rings is 1. The van der Waals surface area contributed by atoms with Crippen molar-refractivity contribution in [1.29, 1.82) is 0 Å². The molecule has 0 spiro atoms. The van der Waals surface area contributed by atoms with E-state index in [1.54, 1.807) is 0 Å². The van der Waals surface area contributed by atoms with Crippen LogP contribution in [0.25, 0.3) is 0 Å². The van der Waals surface area contributed by atoms with Crippen molar-refractivity contribution in [1.82, 2.24) is 4.90 Å². The first-order chi connectivity index (χ1) is 9.61. The molecule has 2 aliphatic rings. The number of methoxy groups -OCH3 is 1. The molecule has 1 aromatic rings. The molecule has 2 bridgehead atoms. The molecule has 3 nitrogen and oxygen atoms in total. The van der Waals surface area contributed by atoms with Crippen LogP contribution in [0.4, 0.5) is 0 Å². The monoisotopic (exact) mass is 385 g/mol. The summed E-state index contributed by atoms with van der Waals surface area (Å²) < 4.78 is 6.33. The number of ether oxygens (including phenoxy) is 1. The lowest BCUT2D eigenvalue weighted by Gasteiger charge is -2.41. The van der Waals surface area contributed by atoms with Crippen molar-refractivity contribution in [2.75, 3.05) is 14.2 Å². The van der Waals surface area contributed by atoms with E-state index in [2.05, 4.69) is 58.8 Å². The van der Waals surface area contributed by atoms with E-state index in [4.69, 9.17) is 4.74 Å². The highest BCUT2D eigenvalue weighted by atomic mass is 127. The van der Waals surface area contributed by atoms with Gasteiger partial charge >= 0.3 is 5.97 Å². The Morgan fingerprint density at radius 2 is 2.00 bits per heavy atom.